The Labute approximate surface area is 166 Å². The van der Waals surface area contributed by atoms with Crippen molar-refractivity contribution in [2.24, 2.45) is 0 Å². The predicted octanol–water partition coefficient (Wildman–Crippen LogP) is 5.11. The number of benzene rings is 3. The maximum absolute atomic E-state index is 12.8. The van der Waals surface area contributed by atoms with Gasteiger partial charge in [-0.05, 0) is 43.3 Å². The van der Waals surface area contributed by atoms with E-state index < -0.39 is 0 Å². The van der Waals surface area contributed by atoms with E-state index in [2.05, 4.69) is 15.6 Å². The molecule has 0 atom stereocenters. The number of hydrogen-bond acceptors (Lipinski definition) is 4. The number of fused-ring (bicyclic) bond motifs is 1. The first-order valence-corrected chi connectivity index (χ1v) is 9.56. The summed E-state index contributed by atoms with van der Waals surface area (Å²) in [5.74, 6) is -0.584. The van der Waals surface area contributed by atoms with Crippen LogP contribution in [0.2, 0.25) is 0 Å². The molecule has 0 bridgehead atoms. The Balaban J connectivity index is 1.55. The SMILES string of the molecule is Cc1ccc(C(=O)Nc2ccccc2C(=O)Nc2nc3ccccc3s2)cc1. The molecule has 0 spiro atoms. The third kappa shape index (κ3) is 3.77. The summed E-state index contributed by atoms with van der Waals surface area (Å²) in [4.78, 5) is 29.7. The number of amides is 2. The molecular weight excluding hydrogens is 370 g/mol. The zero-order valence-corrected chi connectivity index (χ0v) is 15.9. The Morgan fingerprint density at radius 2 is 1.54 bits per heavy atom. The zero-order valence-electron chi connectivity index (χ0n) is 15.1. The van der Waals surface area contributed by atoms with Crippen LogP contribution in [0, 0.1) is 6.92 Å². The molecule has 2 amide bonds. The molecule has 1 heterocycles. The first-order valence-electron chi connectivity index (χ1n) is 8.74. The van der Waals surface area contributed by atoms with Crippen LogP contribution >= 0.6 is 11.3 Å². The van der Waals surface area contributed by atoms with Crippen LogP contribution in [0.4, 0.5) is 10.8 Å². The third-order valence-corrected chi connectivity index (χ3v) is 5.20. The minimum absolute atomic E-state index is 0.264. The predicted molar refractivity (Wildman–Crippen MR) is 113 cm³/mol. The van der Waals surface area contributed by atoms with Gasteiger partial charge in [-0.1, -0.05) is 53.3 Å². The molecule has 5 nitrogen and oxygen atoms in total. The highest BCUT2D eigenvalue weighted by molar-refractivity contribution is 7.22. The first-order chi connectivity index (χ1) is 13.6. The Kier molecular flexibility index (Phi) is 4.87. The zero-order chi connectivity index (χ0) is 19.5. The molecule has 0 aliphatic carbocycles. The van der Waals surface area contributed by atoms with Gasteiger partial charge in [-0.2, -0.15) is 0 Å². The number of carbonyl (C=O) groups is 2. The number of nitrogens with one attached hydrogen (secondary N) is 2. The lowest BCUT2D eigenvalue weighted by Crippen LogP contribution is -2.18. The van der Waals surface area contributed by atoms with Gasteiger partial charge in [-0.3, -0.25) is 14.9 Å². The molecule has 138 valence electrons. The Hall–Kier alpha value is -3.51. The summed E-state index contributed by atoms with van der Waals surface area (Å²) in [6.45, 7) is 1.96. The van der Waals surface area contributed by atoms with E-state index >= 15 is 0 Å². The van der Waals surface area contributed by atoms with Gasteiger partial charge >= 0.3 is 0 Å². The van der Waals surface area contributed by atoms with Gasteiger partial charge in [0.1, 0.15) is 0 Å². The highest BCUT2D eigenvalue weighted by atomic mass is 32.1. The van der Waals surface area contributed by atoms with Gasteiger partial charge in [0.05, 0.1) is 21.5 Å². The fraction of sp³-hybridized carbons (Fsp3) is 0.0455. The number of aromatic nitrogens is 1. The van der Waals surface area contributed by atoms with Crippen LogP contribution in [0.5, 0.6) is 0 Å². The van der Waals surface area contributed by atoms with Crippen molar-refractivity contribution in [3.63, 3.8) is 0 Å². The van der Waals surface area contributed by atoms with Crippen molar-refractivity contribution >= 4 is 44.2 Å². The number of rotatable bonds is 4. The van der Waals surface area contributed by atoms with Crippen molar-refractivity contribution in [1.29, 1.82) is 0 Å². The molecule has 6 heteroatoms. The fourth-order valence-corrected chi connectivity index (χ4v) is 3.64. The number of thiazole rings is 1. The van der Waals surface area contributed by atoms with Crippen LogP contribution in [0.1, 0.15) is 26.3 Å². The minimum atomic E-state index is -0.320. The van der Waals surface area contributed by atoms with Gasteiger partial charge in [0.15, 0.2) is 5.13 Å². The Morgan fingerprint density at radius 1 is 0.821 bits per heavy atom. The molecule has 4 aromatic rings. The van der Waals surface area contributed by atoms with E-state index in [4.69, 9.17) is 0 Å². The van der Waals surface area contributed by atoms with Crippen molar-refractivity contribution < 1.29 is 9.59 Å². The van der Waals surface area contributed by atoms with Gasteiger partial charge in [-0.15, -0.1) is 0 Å². The van der Waals surface area contributed by atoms with E-state index in [1.54, 1.807) is 36.4 Å². The van der Waals surface area contributed by atoms with E-state index in [0.717, 1.165) is 15.8 Å². The lowest BCUT2D eigenvalue weighted by Gasteiger charge is -2.10. The van der Waals surface area contributed by atoms with Gasteiger partial charge in [0.25, 0.3) is 11.8 Å². The Bertz CT molecular complexity index is 1130. The summed E-state index contributed by atoms with van der Waals surface area (Å²) < 4.78 is 0.999. The fourth-order valence-electron chi connectivity index (χ4n) is 2.78. The van der Waals surface area contributed by atoms with Crippen molar-refractivity contribution in [3.05, 3.63) is 89.5 Å². The molecule has 4 rings (SSSR count). The standard InChI is InChI=1S/C22H17N3O2S/c1-14-10-12-15(13-11-14)20(26)23-17-7-3-2-6-16(17)21(27)25-22-24-18-8-4-5-9-19(18)28-22/h2-13H,1H3,(H,23,26)(H,24,25,27). The molecule has 0 fully saturated rings. The average Bonchev–Trinajstić information content (AvgIpc) is 3.11. The summed E-state index contributed by atoms with van der Waals surface area (Å²) in [7, 11) is 0. The number of aryl methyl sites for hydroxylation is 1. The maximum Gasteiger partial charge on any atom is 0.259 e. The average molecular weight is 387 g/mol. The summed E-state index contributed by atoms with van der Waals surface area (Å²) in [6, 6.07) is 21.9. The molecule has 0 unspecified atom stereocenters. The molecule has 2 N–H and O–H groups in total. The minimum Gasteiger partial charge on any atom is -0.321 e. The molecule has 0 saturated carbocycles. The number of hydrogen-bond donors (Lipinski definition) is 2. The number of anilines is 2. The van der Waals surface area contributed by atoms with Crippen molar-refractivity contribution in [2.75, 3.05) is 10.6 Å². The second-order valence-corrected chi connectivity index (χ2v) is 7.34. The van der Waals surface area contributed by atoms with Gasteiger partial charge in [-0.25, -0.2) is 4.98 Å². The quantitative estimate of drug-likeness (QED) is 0.511. The topological polar surface area (TPSA) is 71.1 Å². The lowest BCUT2D eigenvalue weighted by molar-refractivity contribution is 0.102. The van der Waals surface area contributed by atoms with E-state index in [-0.39, 0.29) is 11.8 Å². The van der Waals surface area contributed by atoms with Crippen LogP contribution in [0.25, 0.3) is 10.2 Å². The van der Waals surface area contributed by atoms with E-state index in [1.165, 1.54) is 11.3 Å². The van der Waals surface area contributed by atoms with E-state index in [0.29, 0.717) is 21.9 Å². The molecular formula is C22H17N3O2S. The van der Waals surface area contributed by atoms with E-state index in [9.17, 15) is 9.59 Å². The van der Waals surface area contributed by atoms with Crippen molar-refractivity contribution in [3.8, 4) is 0 Å². The smallest absolute Gasteiger partial charge is 0.259 e. The second kappa shape index (κ2) is 7.62. The van der Waals surface area contributed by atoms with Gasteiger partial charge in [0.2, 0.25) is 0 Å². The Morgan fingerprint density at radius 3 is 2.32 bits per heavy atom. The molecule has 3 aromatic carbocycles. The summed E-state index contributed by atoms with van der Waals surface area (Å²) in [5, 5.41) is 6.17. The summed E-state index contributed by atoms with van der Waals surface area (Å²) in [6.07, 6.45) is 0. The van der Waals surface area contributed by atoms with E-state index in [1.807, 2.05) is 43.3 Å². The summed E-state index contributed by atoms with van der Waals surface area (Å²) >= 11 is 1.41. The second-order valence-electron chi connectivity index (χ2n) is 6.31. The molecule has 28 heavy (non-hydrogen) atoms. The highest BCUT2D eigenvalue weighted by Gasteiger charge is 2.15. The van der Waals surface area contributed by atoms with Gasteiger partial charge in [0, 0.05) is 5.56 Å². The normalized spacial score (nSPS) is 10.6. The first kappa shape index (κ1) is 17.9. The molecule has 0 saturated heterocycles. The van der Waals surface area contributed by atoms with Crippen LogP contribution < -0.4 is 10.6 Å². The third-order valence-electron chi connectivity index (χ3n) is 4.25. The van der Waals surface area contributed by atoms with Gasteiger partial charge < -0.3 is 5.32 Å². The monoisotopic (exact) mass is 387 g/mol. The van der Waals surface area contributed by atoms with Crippen LogP contribution in [-0.2, 0) is 0 Å². The van der Waals surface area contributed by atoms with Crippen molar-refractivity contribution in [2.45, 2.75) is 6.92 Å². The maximum atomic E-state index is 12.8. The lowest BCUT2D eigenvalue weighted by atomic mass is 10.1. The molecule has 0 radical (unpaired) electrons. The molecule has 0 aliphatic heterocycles. The van der Waals surface area contributed by atoms with Crippen LogP contribution in [-0.4, -0.2) is 16.8 Å². The molecule has 1 aromatic heterocycles. The largest absolute Gasteiger partial charge is 0.321 e. The number of nitrogens with zero attached hydrogens (tertiary/aromatic N) is 1. The van der Waals surface area contributed by atoms with Crippen LogP contribution in [0.15, 0.2) is 72.8 Å². The van der Waals surface area contributed by atoms with Crippen molar-refractivity contribution in [1.82, 2.24) is 4.98 Å². The number of para-hydroxylation sites is 2. The highest BCUT2D eigenvalue weighted by Crippen LogP contribution is 2.26. The van der Waals surface area contributed by atoms with Crippen LogP contribution in [0.3, 0.4) is 0 Å². The molecule has 0 aliphatic rings. The summed E-state index contributed by atoms with van der Waals surface area (Å²) in [5.41, 5.74) is 3.27. The number of carbonyl (C=O) groups excluding carboxylic acids is 2.